The predicted octanol–water partition coefficient (Wildman–Crippen LogP) is 3.28. The molecule has 146 valence electrons. The average molecular weight is 378 g/mol. The van der Waals surface area contributed by atoms with Gasteiger partial charge in [0.05, 0.1) is 5.69 Å². The number of rotatable bonds is 4. The van der Waals surface area contributed by atoms with Gasteiger partial charge in [-0.2, -0.15) is 0 Å². The molecule has 0 radical (unpaired) electrons. The first-order valence-corrected chi connectivity index (χ1v) is 10.0. The molecule has 1 saturated heterocycles. The fraction of sp³-hybridized carbons (Fsp3) is 0.391. The topological polar surface area (TPSA) is 49.9 Å². The number of amides is 2. The van der Waals surface area contributed by atoms with Crippen LogP contribution in [0.5, 0.6) is 5.75 Å². The van der Waals surface area contributed by atoms with Crippen LogP contribution in [0.1, 0.15) is 25.3 Å². The minimum atomic E-state index is -0.570. The van der Waals surface area contributed by atoms with E-state index >= 15 is 0 Å². The molecule has 0 N–H and O–H groups in total. The number of carbonyl (C=O) groups is 2. The molecule has 2 aromatic carbocycles. The van der Waals surface area contributed by atoms with E-state index in [1.807, 2.05) is 35.2 Å². The second kappa shape index (κ2) is 8.05. The molecule has 1 fully saturated rings. The molecule has 2 amide bonds. The monoisotopic (exact) mass is 378 g/mol. The number of likely N-dealkylation sites (tertiary alicyclic amines) is 1. The van der Waals surface area contributed by atoms with Crippen LogP contribution in [0, 0.1) is 5.92 Å². The lowest BCUT2D eigenvalue weighted by atomic mass is 9.90. The van der Waals surface area contributed by atoms with Gasteiger partial charge in [0.15, 0.2) is 6.10 Å². The molecule has 2 aliphatic rings. The Morgan fingerprint density at radius 1 is 1.04 bits per heavy atom. The van der Waals surface area contributed by atoms with E-state index in [0.717, 1.165) is 32.4 Å². The van der Waals surface area contributed by atoms with Crippen molar-refractivity contribution in [3.63, 3.8) is 0 Å². The summed E-state index contributed by atoms with van der Waals surface area (Å²) in [6.45, 7) is 3.32. The summed E-state index contributed by atoms with van der Waals surface area (Å²) >= 11 is 0. The van der Waals surface area contributed by atoms with Gasteiger partial charge in [-0.1, -0.05) is 42.5 Å². The Hall–Kier alpha value is -2.82. The van der Waals surface area contributed by atoms with Crippen LogP contribution < -0.4 is 9.64 Å². The maximum atomic E-state index is 12.9. The van der Waals surface area contributed by atoms with Gasteiger partial charge in [-0.25, -0.2) is 0 Å². The van der Waals surface area contributed by atoms with Crippen molar-refractivity contribution in [2.24, 2.45) is 5.92 Å². The average Bonchev–Trinajstić information content (AvgIpc) is 2.72. The van der Waals surface area contributed by atoms with Crippen LogP contribution in [0.3, 0.4) is 0 Å². The summed E-state index contributed by atoms with van der Waals surface area (Å²) in [5.74, 6) is 1.11. The Kier molecular flexibility index (Phi) is 5.33. The van der Waals surface area contributed by atoms with Crippen molar-refractivity contribution in [3.05, 3.63) is 60.2 Å². The maximum Gasteiger partial charge on any atom is 0.268 e. The van der Waals surface area contributed by atoms with E-state index < -0.39 is 6.10 Å². The van der Waals surface area contributed by atoms with Gasteiger partial charge < -0.3 is 9.64 Å². The molecule has 1 atom stereocenters. The third-order valence-corrected chi connectivity index (χ3v) is 5.70. The lowest BCUT2D eigenvalue weighted by molar-refractivity contribution is -0.134. The highest BCUT2D eigenvalue weighted by molar-refractivity contribution is 6.03. The number of anilines is 1. The Balaban J connectivity index is 1.36. The predicted molar refractivity (Wildman–Crippen MR) is 108 cm³/mol. The first-order valence-electron chi connectivity index (χ1n) is 10.0. The number of carbonyl (C=O) groups excluding carboxylic acids is 2. The highest BCUT2D eigenvalue weighted by atomic mass is 16.5. The first-order chi connectivity index (χ1) is 13.6. The third kappa shape index (κ3) is 3.88. The van der Waals surface area contributed by atoms with E-state index in [2.05, 4.69) is 24.3 Å². The van der Waals surface area contributed by atoms with Gasteiger partial charge in [-0.05, 0) is 49.8 Å². The molecule has 0 spiro atoms. The van der Waals surface area contributed by atoms with Crippen molar-refractivity contribution in [1.82, 2.24) is 4.90 Å². The second-order valence-electron chi connectivity index (χ2n) is 7.67. The van der Waals surface area contributed by atoms with E-state index in [9.17, 15) is 9.59 Å². The number of nitrogens with zero attached hydrogens (tertiary/aromatic N) is 2. The molecule has 4 rings (SSSR count). The highest BCUT2D eigenvalue weighted by Gasteiger charge is 2.34. The van der Waals surface area contributed by atoms with E-state index in [1.165, 1.54) is 5.56 Å². The van der Waals surface area contributed by atoms with Gasteiger partial charge in [0.1, 0.15) is 12.3 Å². The van der Waals surface area contributed by atoms with Gasteiger partial charge in [0, 0.05) is 13.1 Å². The standard InChI is InChI=1S/C23H26N2O3/c1-17-23(27)25(20-9-5-6-10-21(20)28-17)16-22(26)24-13-11-19(12-14-24)15-18-7-3-2-4-8-18/h2-10,17,19H,11-16H2,1H3. The zero-order valence-electron chi connectivity index (χ0n) is 16.2. The van der Waals surface area contributed by atoms with Gasteiger partial charge in [0.25, 0.3) is 5.91 Å². The highest BCUT2D eigenvalue weighted by Crippen LogP contribution is 2.33. The van der Waals surface area contributed by atoms with Crippen molar-refractivity contribution in [1.29, 1.82) is 0 Å². The molecule has 0 aromatic heterocycles. The Bertz CT molecular complexity index is 844. The minimum Gasteiger partial charge on any atom is -0.479 e. The number of ether oxygens (including phenoxy) is 1. The molecule has 0 bridgehead atoms. The number of para-hydroxylation sites is 2. The first kappa shape index (κ1) is 18.5. The number of hydrogen-bond acceptors (Lipinski definition) is 3. The molecule has 2 aromatic rings. The fourth-order valence-electron chi connectivity index (χ4n) is 4.09. The van der Waals surface area contributed by atoms with Gasteiger partial charge in [-0.15, -0.1) is 0 Å². The normalized spacial score (nSPS) is 19.9. The minimum absolute atomic E-state index is 0.00964. The van der Waals surface area contributed by atoms with E-state index in [4.69, 9.17) is 4.74 Å². The van der Waals surface area contributed by atoms with E-state index in [-0.39, 0.29) is 18.4 Å². The molecule has 2 aliphatic heterocycles. The molecule has 1 unspecified atom stereocenters. The number of piperidine rings is 1. The summed E-state index contributed by atoms with van der Waals surface area (Å²) in [5.41, 5.74) is 2.04. The molecule has 5 nitrogen and oxygen atoms in total. The molecular formula is C23H26N2O3. The van der Waals surface area contributed by atoms with Crippen molar-refractivity contribution < 1.29 is 14.3 Å². The number of hydrogen-bond donors (Lipinski definition) is 0. The van der Waals surface area contributed by atoms with Gasteiger partial charge >= 0.3 is 0 Å². The van der Waals surface area contributed by atoms with Crippen molar-refractivity contribution in [3.8, 4) is 5.75 Å². The summed E-state index contributed by atoms with van der Waals surface area (Å²) in [7, 11) is 0. The fourth-order valence-corrected chi connectivity index (χ4v) is 4.09. The van der Waals surface area contributed by atoms with Gasteiger partial charge in [-0.3, -0.25) is 14.5 Å². The van der Waals surface area contributed by atoms with Crippen LogP contribution in [0.4, 0.5) is 5.69 Å². The Morgan fingerprint density at radius 2 is 1.71 bits per heavy atom. The summed E-state index contributed by atoms with van der Waals surface area (Å²) in [4.78, 5) is 28.9. The van der Waals surface area contributed by atoms with Crippen LogP contribution in [0.25, 0.3) is 0 Å². The van der Waals surface area contributed by atoms with Crippen molar-refractivity contribution >= 4 is 17.5 Å². The lowest BCUT2D eigenvalue weighted by Gasteiger charge is -2.36. The smallest absolute Gasteiger partial charge is 0.268 e. The van der Waals surface area contributed by atoms with E-state index in [0.29, 0.717) is 17.4 Å². The quantitative estimate of drug-likeness (QED) is 0.820. The van der Waals surface area contributed by atoms with Crippen LogP contribution in [0.2, 0.25) is 0 Å². The molecule has 5 heteroatoms. The number of benzene rings is 2. The maximum absolute atomic E-state index is 12.9. The third-order valence-electron chi connectivity index (χ3n) is 5.70. The largest absolute Gasteiger partial charge is 0.479 e. The summed E-state index contributed by atoms with van der Waals surface area (Å²) < 4.78 is 5.66. The molecular weight excluding hydrogens is 352 g/mol. The zero-order chi connectivity index (χ0) is 19.5. The molecule has 2 heterocycles. The lowest BCUT2D eigenvalue weighted by Crippen LogP contribution is -2.50. The number of fused-ring (bicyclic) bond motifs is 1. The van der Waals surface area contributed by atoms with Crippen molar-refractivity contribution in [2.75, 3.05) is 24.5 Å². The molecule has 28 heavy (non-hydrogen) atoms. The van der Waals surface area contributed by atoms with E-state index in [1.54, 1.807) is 11.8 Å². The van der Waals surface area contributed by atoms with Crippen LogP contribution in [-0.2, 0) is 16.0 Å². The summed E-state index contributed by atoms with van der Waals surface area (Å²) in [6.07, 6.45) is 2.50. The zero-order valence-corrected chi connectivity index (χ0v) is 16.2. The molecule has 0 aliphatic carbocycles. The van der Waals surface area contributed by atoms with Gasteiger partial charge in [0.2, 0.25) is 5.91 Å². The van der Waals surface area contributed by atoms with Crippen LogP contribution in [-0.4, -0.2) is 42.5 Å². The Morgan fingerprint density at radius 3 is 2.46 bits per heavy atom. The second-order valence-corrected chi connectivity index (χ2v) is 7.67. The SMILES string of the molecule is CC1Oc2ccccc2N(CC(=O)N2CCC(Cc3ccccc3)CC2)C1=O. The summed E-state index contributed by atoms with van der Waals surface area (Å²) in [6, 6.07) is 17.9. The van der Waals surface area contributed by atoms with Crippen LogP contribution >= 0.6 is 0 Å². The Labute approximate surface area is 165 Å². The summed E-state index contributed by atoms with van der Waals surface area (Å²) in [5, 5.41) is 0. The van der Waals surface area contributed by atoms with Crippen LogP contribution in [0.15, 0.2) is 54.6 Å². The molecule has 0 saturated carbocycles. The van der Waals surface area contributed by atoms with Crippen molar-refractivity contribution in [2.45, 2.75) is 32.3 Å².